The van der Waals surface area contributed by atoms with Crippen LogP contribution < -0.4 is 0 Å². The Morgan fingerprint density at radius 1 is 1.25 bits per heavy atom. The van der Waals surface area contributed by atoms with Gasteiger partial charge in [-0.2, -0.15) is 0 Å². The number of hydrogen-bond donors (Lipinski definition) is 0. The molecule has 0 bridgehead atoms. The van der Waals surface area contributed by atoms with Crippen LogP contribution in [-0.4, -0.2) is 22.5 Å². The van der Waals surface area contributed by atoms with Gasteiger partial charge in [0.1, 0.15) is 5.01 Å². The number of hydrogen-bond acceptors (Lipinski definition) is 5. The Bertz CT molecular complexity index is 821. The number of aromatic nitrogens is 2. The predicted molar refractivity (Wildman–Crippen MR) is 95.4 cm³/mol. The van der Waals surface area contributed by atoms with Gasteiger partial charge in [-0.1, -0.05) is 29.8 Å². The smallest absolute Gasteiger partial charge is 0.357 e. The van der Waals surface area contributed by atoms with E-state index in [-0.39, 0.29) is 0 Å². The second-order valence-corrected chi connectivity index (χ2v) is 6.44. The first-order valence-corrected chi connectivity index (χ1v) is 8.75. The van der Waals surface area contributed by atoms with Crippen molar-refractivity contribution in [3.63, 3.8) is 0 Å². The average Bonchev–Trinajstić information content (AvgIpc) is 3.10. The summed E-state index contributed by atoms with van der Waals surface area (Å²) in [6.45, 7) is 0.359. The highest BCUT2D eigenvalue weighted by atomic mass is 35.5. The van der Waals surface area contributed by atoms with Crippen molar-refractivity contribution >= 4 is 28.9 Å². The Morgan fingerprint density at radius 3 is 2.96 bits per heavy atom. The molecule has 0 saturated carbocycles. The molecule has 0 aliphatic carbocycles. The van der Waals surface area contributed by atoms with Crippen molar-refractivity contribution in [3.05, 3.63) is 70.5 Å². The molecule has 2 heterocycles. The van der Waals surface area contributed by atoms with Crippen LogP contribution in [0.5, 0.6) is 0 Å². The van der Waals surface area contributed by atoms with Crippen LogP contribution in [0, 0.1) is 0 Å². The number of halogens is 1. The van der Waals surface area contributed by atoms with Crippen LogP contribution in [0.3, 0.4) is 0 Å². The molecular formula is C18H15ClN2O2S. The third-order valence-corrected chi connectivity index (χ3v) is 4.48. The first-order chi connectivity index (χ1) is 11.7. The summed E-state index contributed by atoms with van der Waals surface area (Å²) >= 11 is 7.38. The quantitative estimate of drug-likeness (QED) is 0.475. The SMILES string of the molecule is O=C(OCCCc1cccnc1)c1csc(-c2cccc(Cl)c2)n1. The van der Waals surface area contributed by atoms with E-state index in [1.807, 2.05) is 36.5 Å². The zero-order valence-electron chi connectivity index (χ0n) is 12.8. The van der Waals surface area contributed by atoms with Crippen molar-refractivity contribution in [1.29, 1.82) is 0 Å². The lowest BCUT2D eigenvalue weighted by Crippen LogP contribution is -2.07. The lowest BCUT2D eigenvalue weighted by molar-refractivity contribution is 0.0495. The Labute approximate surface area is 149 Å². The van der Waals surface area contributed by atoms with Crippen molar-refractivity contribution < 1.29 is 9.53 Å². The van der Waals surface area contributed by atoms with E-state index in [0.717, 1.165) is 29.0 Å². The normalized spacial score (nSPS) is 10.5. The second-order valence-electron chi connectivity index (χ2n) is 5.15. The fraction of sp³-hybridized carbons (Fsp3) is 0.167. The summed E-state index contributed by atoms with van der Waals surface area (Å²) in [5.74, 6) is -0.397. The highest BCUT2D eigenvalue weighted by molar-refractivity contribution is 7.13. The number of esters is 1. The molecule has 0 unspecified atom stereocenters. The molecule has 1 aromatic carbocycles. The van der Waals surface area contributed by atoms with E-state index in [1.54, 1.807) is 17.6 Å². The summed E-state index contributed by atoms with van der Waals surface area (Å²) in [7, 11) is 0. The largest absolute Gasteiger partial charge is 0.461 e. The number of carbonyl (C=O) groups is 1. The molecule has 6 heteroatoms. The molecule has 0 amide bonds. The van der Waals surface area contributed by atoms with Gasteiger partial charge in [0, 0.05) is 28.4 Å². The topological polar surface area (TPSA) is 52.1 Å². The van der Waals surface area contributed by atoms with Crippen molar-refractivity contribution in [3.8, 4) is 10.6 Å². The molecule has 24 heavy (non-hydrogen) atoms. The number of pyridine rings is 1. The minimum Gasteiger partial charge on any atom is -0.461 e. The van der Waals surface area contributed by atoms with Gasteiger partial charge in [-0.3, -0.25) is 4.98 Å². The predicted octanol–water partition coefficient (Wildman–Crippen LogP) is 4.65. The molecule has 0 atom stereocenters. The van der Waals surface area contributed by atoms with Crippen LogP contribution in [0.2, 0.25) is 5.02 Å². The molecule has 0 radical (unpaired) electrons. The van der Waals surface area contributed by atoms with Gasteiger partial charge in [-0.05, 0) is 36.6 Å². The number of benzene rings is 1. The van der Waals surface area contributed by atoms with Crippen LogP contribution in [0.1, 0.15) is 22.5 Å². The summed E-state index contributed by atoms with van der Waals surface area (Å²) in [6, 6.07) is 11.3. The molecule has 0 saturated heterocycles. The van der Waals surface area contributed by atoms with Crippen molar-refractivity contribution in [2.45, 2.75) is 12.8 Å². The van der Waals surface area contributed by atoms with Gasteiger partial charge >= 0.3 is 5.97 Å². The summed E-state index contributed by atoms with van der Waals surface area (Å²) in [5.41, 5.74) is 2.35. The van der Waals surface area contributed by atoms with Gasteiger partial charge in [0.15, 0.2) is 5.69 Å². The Hall–Kier alpha value is -2.24. The van der Waals surface area contributed by atoms with Gasteiger partial charge < -0.3 is 4.74 Å². The number of rotatable bonds is 6. The van der Waals surface area contributed by atoms with E-state index in [1.165, 1.54) is 11.3 Å². The third-order valence-electron chi connectivity index (χ3n) is 3.35. The number of nitrogens with zero attached hydrogens (tertiary/aromatic N) is 2. The summed E-state index contributed by atoms with van der Waals surface area (Å²) in [4.78, 5) is 20.4. The maximum atomic E-state index is 12.1. The maximum absolute atomic E-state index is 12.1. The first-order valence-electron chi connectivity index (χ1n) is 7.50. The first kappa shape index (κ1) is 16.6. The van der Waals surface area contributed by atoms with Crippen LogP contribution in [0.15, 0.2) is 54.2 Å². The summed E-state index contributed by atoms with van der Waals surface area (Å²) < 4.78 is 5.28. The van der Waals surface area contributed by atoms with E-state index in [2.05, 4.69) is 9.97 Å². The van der Waals surface area contributed by atoms with E-state index in [4.69, 9.17) is 16.3 Å². The zero-order valence-corrected chi connectivity index (χ0v) is 14.4. The van der Waals surface area contributed by atoms with E-state index in [9.17, 15) is 4.79 Å². The zero-order chi connectivity index (χ0) is 16.8. The van der Waals surface area contributed by atoms with Gasteiger partial charge in [-0.15, -0.1) is 11.3 Å². The molecule has 0 N–H and O–H groups in total. The maximum Gasteiger partial charge on any atom is 0.357 e. The van der Waals surface area contributed by atoms with Gasteiger partial charge in [0.25, 0.3) is 0 Å². The highest BCUT2D eigenvalue weighted by Crippen LogP contribution is 2.26. The Morgan fingerprint density at radius 2 is 2.17 bits per heavy atom. The van der Waals surface area contributed by atoms with E-state index < -0.39 is 5.97 Å². The minimum atomic E-state index is -0.397. The molecular weight excluding hydrogens is 344 g/mol. The number of ether oxygens (including phenoxy) is 1. The summed E-state index contributed by atoms with van der Waals surface area (Å²) in [5, 5.41) is 3.10. The Kier molecular flexibility index (Phi) is 5.56. The fourth-order valence-corrected chi connectivity index (χ4v) is 3.16. The van der Waals surface area contributed by atoms with Gasteiger partial charge in [-0.25, -0.2) is 9.78 Å². The molecule has 2 aromatic heterocycles. The van der Waals surface area contributed by atoms with Crippen LogP contribution in [-0.2, 0) is 11.2 Å². The molecule has 0 aliphatic heterocycles. The average molecular weight is 359 g/mol. The molecule has 0 spiro atoms. The Balaban J connectivity index is 1.52. The highest BCUT2D eigenvalue weighted by Gasteiger charge is 2.13. The molecule has 0 fully saturated rings. The van der Waals surface area contributed by atoms with Gasteiger partial charge in [0.05, 0.1) is 6.61 Å². The third kappa shape index (κ3) is 4.40. The number of thiazole rings is 1. The summed E-state index contributed by atoms with van der Waals surface area (Å²) in [6.07, 6.45) is 5.14. The van der Waals surface area contributed by atoms with Crippen LogP contribution in [0.4, 0.5) is 0 Å². The van der Waals surface area contributed by atoms with E-state index in [0.29, 0.717) is 17.3 Å². The molecule has 3 aromatic rings. The van der Waals surface area contributed by atoms with Crippen molar-refractivity contribution in [2.75, 3.05) is 6.61 Å². The minimum absolute atomic E-state index is 0.330. The van der Waals surface area contributed by atoms with Crippen LogP contribution >= 0.6 is 22.9 Å². The molecule has 122 valence electrons. The molecule has 3 rings (SSSR count). The van der Waals surface area contributed by atoms with Crippen LogP contribution in [0.25, 0.3) is 10.6 Å². The van der Waals surface area contributed by atoms with Crippen molar-refractivity contribution in [2.24, 2.45) is 0 Å². The second kappa shape index (κ2) is 8.04. The standard InChI is InChI=1S/C18H15ClN2O2S/c19-15-7-1-6-14(10-15)17-21-16(12-24-17)18(22)23-9-3-5-13-4-2-8-20-11-13/h1-2,4,6-8,10-12H,3,5,9H2. The number of aryl methyl sites for hydroxylation is 1. The monoisotopic (exact) mass is 358 g/mol. The lowest BCUT2D eigenvalue weighted by atomic mass is 10.2. The van der Waals surface area contributed by atoms with Crippen molar-refractivity contribution in [1.82, 2.24) is 9.97 Å². The van der Waals surface area contributed by atoms with E-state index >= 15 is 0 Å². The fourth-order valence-electron chi connectivity index (χ4n) is 2.18. The molecule has 0 aliphatic rings. The lowest BCUT2D eigenvalue weighted by Gasteiger charge is -2.03. The number of carbonyl (C=O) groups excluding carboxylic acids is 1. The molecule has 4 nitrogen and oxygen atoms in total. The van der Waals surface area contributed by atoms with Gasteiger partial charge in [0.2, 0.25) is 0 Å².